The van der Waals surface area contributed by atoms with Gasteiger partial charge in [-0.15, -0.1) is 5.06 Å². The zero-order valence-corrected chi connectivity index (χ0v) is 16.2. The monoisotopic (exact) mass is 536 g/mol. The van der Waals surface area contributed by atoms with Gasteiger partial charge in [-0.2, -0.15) is 44.6 Å². The summed E-state index contributed by atoms with van der Waals surface area (Å²) < 4.78 is 105. The van der Waals surface area contributed by atoms with E-state index in [1.165, 1.54) is 0 Å². The van der Waals surface area contributed by atoms with E-state index in [1.54, 1.807) is 0 Å². The Morgan fingerprint density at radius 3 is 1.11 bits per heavy atom. The molecule has 0 atom stereocenters. The molecule has 2 rings (SSSR count). The van der Waals surface area contributed by atoms with Crippen molar-refractivity contribution >= 4 is 41.5 Å². The number of imide groups is 2. The summed E-state index contributed by atoms with van der Waals surface area (Å²) in [5.41, 5.74) is 0. The maximum Gasteiger partial charge on any atom is 0.493 e. The highest BCUT2D eigenvalue weighted by Gasteiger charge is 2.49. The average Bonchev–Trinajstić information content (AvgIpc) is 3.16. The first-order chi connectivity index (χ1) is 15.6. The smallest absolute Gasteiger partial charge is 0.380 e. The fourth-order valence-corrected chi connectivity index (χ4v) is 1.56. The second-order valence-electron chi connectivity index (χ2n) is 5.73. The molecule has 1 N–H and O–H groups in total. The second-order valence-corrected chi connectivity index (χ2v) is 5.73. The van der Waals surface area contributed by atoms with Crippen molar-refractivity contribution in [2.75, 3.05) is 0 Å². The number of hydrogen-bond donors (Lipinski definition) is 1. The third-order valence-corrected chi connectivity index (χ3v) is 3.08. The molecule has 2 fully saturated rings. The minimum absolute atomic E-state index is 0.148. The van der Waals surface area contributed by atoms with Crippen LogP contribution in [0.3, 0.4) is 0 Å². The molecular formula is C14H9F9N2O10. The molecule has 0 spiro atoms. The summed E-state index contributed by atoms with van der Waals surface area (Å²) in [5.74, 6) is -11.9. The number of ether oxygens (including phenoxy) is 1. The van der Waals surface area contributed by atoms with Crippen molar-refractivity contribution in [2.45, 2.75) is 44.2 Å². The Hall–Kier alpha value is -3.78. The molecule has 0 radical (unpaired) electrons. The van der Waals surface area contributed by atoms with Crippen molar-refractivity contribution in [1.82, 2.24) is 10.1 Å². The van der Waals surface area contributed by atoms with Gasteiger partial charge in [-0.25, -0.2) is 14.4 Å². The molecule has 2 heterocycles. The fourth-order valence-electron chi connectivity index (χ4n) is 1.56. The summed E-state index contributed by atoms with van der Waals surface area (Å²) in [6.07, 6.45) is -16.7. The van der Waals surface area contributed by atoms with Crippen molar-refractivity contribution in [3.63, 3.8) is 0 Å². The number of carbonyl (C=O) groups excluding carboxylic acids is 7. The number of hydrogen-bond acceptors (Lipinski definition) is 10. The lowest BCUT2D eigenvalue weighted by Gasteiger charge is -2.13. The van der Waals surface area contributed by atoms with Gasteiger partial charge in [0.25, 0.3) is 23.6 Å². The maximum atomic E-state index is 11.6. The van der Waals surface area contributed by atoms with E-state index in [2.05, 4.69) is 9.57 Å². The van der Waals surface area contributed by atoms with E-state index >= 15 is 0 Å². The molecule has 0 saturated carbocycles. The van der Waals surface area contributed by atoms with Crippen molar-refractivity contribution in [3.8, 4) is 0 Å². The number of alkyl halides is 9. The highest BCUT2D eigenvalue weighted by Crippen LogP contribution is 2.22. The summed E-state index contributed by atoms with van der Waals surface area (Å²) in [7, 11) is 0. The first kappa shape index (κ1) is 31.2. The molecular weight excluding hydrogens is 527 g/mol. The largest absolute Gasteiger partial charge is 0.493 e. The minimum atomic E-state index is -5.62. The molecule has 2 aliphatic heterocycles. The van der Waals surface area contributed by atoms with Crippen LogP contribution in [0.5, 0.6) is 0 Å². The Balaban J connectivity index is 0.000000513. The number of amides is 4. The van der Waals surface area contributed by atoms with Gasteiger partial charge >= 0.3 is 36.4 Å². The predicted molar refractivity (Wildman–Crippen MR) is 79.3 cm³/mol. The van der Waals surface area contributed by atoms with Gasteiger partial charge in [0.2, 0.25) is 0 Å². The summed E-state index contributed by atoms with van der Waals surface area (Å²) in [6, 6.07) is 0. The van der Waals surface area contributed by atoms with Crippen molar-refractivity contribution in [1.29, 1.82) is 0 Å². The summed E-state index contributed by atoms with van der Waals surface area (Å²) in [6.45, 7) is 0. The van der Waals surface area contributed by atoms with Crippen LogP contribution in [-0.4, -0.2) is 75.4 Å². The van der Waals surface area contributed by atoms with E-state index in [0.717, 1.165) is 0 Å². The molecule has 0 aromatic heterocycles. The lowest BCUT2D eigenvalue weighted by molar-refractivity contribution is -0.232. The number of carbonyl (C=O) groups is 7. The van der Waals surface area contributed by atoms with Gasteiger partial charge in [0.05, 0.1) is 0 Å². The minimum Gasteiger partial charge on any atom is -0.380 e. The van der Waals surface area contributed by atoms with E-state index in [-0.39, 0.29) is 35.8 Å². The van der Waals surface area contributed by atoms with Crippen LogP contribution in [0, 0.1) is 0 Å². The first-order valence-electron chi connectivity index (χ1n) is 8.18. The van der Waals surface area contributed by atoms with Crippen molar-refractivity contribution < 1.29 is 87.9 Å². The van der Waals surface area contributed by atoms with E-state index in [4.69, 9.17) is 5.21 Å². The zero-order chi connectivity index (χ0) is 27.9. The van der Waals surface area contributed by atoms with Gasteiger partial charge in [-0.1, -0.05) is 0 Å². The van der Waals surface area contributed by atoms with Crippen molar-refractivity contribution in [3.05, 3.63) is 0 Å². The predicted octanol–water partition coefficient (Wildman–Crippen LogP) is 0.861. The summed E-state index contributed by atoms with van der Waals surface area (Å²) >= 11 is 0. The summed E-state index contributed by atoms with van der Waals surface area (Å²) in [4.78, 5) is 75.0. The van der Waals surface area contributed by atoms with E-state index in [9.17, 15) is 73.1 Å². The molecule has 0 aromatic rings. The molecule has 0 bridgehead atoms. The second kappa shape index (κ2) is 11.6. The molecule has 2 aliphatic rings. The number of esters is 2. The first-order valence-corrected chi connectivity index (χ1v) is 8.18. The van der Waals surface area contributed by atoms with Crippen LogP contribution in [0.1, 0.15) is 25.7 Å². The fraction of sp³-hybridized carbons (Fsp3) is 0.500. The highest BCUT2D eigenvalue weighted by atomic mass is 19.4. The molecule has 21 heteroatoms. The maximum absolute atomic E-state index is 11.6. The number of hydroxylamine groups is 4. The molecule has 4 amide bonds. The van der Waals surface area contributed by atoms with E-state index in [0.29, 0.717) is 0 Å². The molecule has 0 aromatic carbocycles. The highest BCUT2D eigenvalue weighted by molar-refractivity contribution is 6.02. The standard InChI is InChI=1S/C6H4F3NO4.C4F6O3.C4H5NO3/c7-6(8,9)5(13)14-10-3(11)1-2-4(10)12;5-3(6,7)1(11)13-2(12)4(8,9)10;6-3-1-2-4(7)5(3)8/h1-2H2;;8H,1-2H2. The topological polar surface area (TPSA) is 165 Å². The lowest BCUT2D eigenvalue weighted by Crippen LogP contribution is -2.37. The van der Waals surface area contributed by atoms with Crippen LogP contribution in [0.25, 0.3) is 0 Å². The van der Waals surface area contributed by atoms with Gasteiger partial charge in [0, 0.05) is 25.7 Å². The quantitative estimate of drug-likeness (QED) is 0.167. The number of halogens is 9. The van der Waals surface area contributed by atoms with Gasteiger partial charge < -0.3 is 9.57 Å². The van der Waals surface area contributed by atoms with Crippen LogP contribution < -0.4 is 0 Å². The third kappa shape index (κ3) is 10.4. The van der Waals surface area contributed by atoms with Gasteiger partial charge in [-0.3, -0.25) is 24.4 Å². The third-order valence-electron chi connectivity index (χ3n) is 3.08. The van der Waals surface area contributed by atoms with Crippen LogP contribution >= 0.6 is 0 Å². The molecule has 2 saturated heterocycles. The Kier molecular flexibility index (Phi) is 10.3. The lowest BCUT2D eigenvalue weighted by atomic mass is 10.4. The Morgan fingerprint density at radius 1 is 0.600 bits per heavy atom. The Labute approximate surface area is 185 Å². The van der Waals surface area contributed by atoms with Crippen molar-refractivity contribution in [2.24, 2.45) is 0 Å². The van der Waals surface area contributed by atoms with Crippen LogP contribution in [0.15, 0.2) is 0 Å². The normalized spacial score (nSPS) is 16.3. The van der Waals surface area contributed by atoms with Crippen LogP contribution in [0.2, 0.25) is 0 Å². The van der Waals surface area contributed by atoms with E-state index in [1.807, 2.05) is 0 Å². The molecule has 35 heavy (non-hydrogen) atoms. The van der Waals surface area contributed by atoms with E-state index < -0.39 is 60.1 Å². The molecule has 0 unspecified atom stereocenters. The molecule has 198 valence electrons. The molecule has 12 nitrogen and oxygen atoms in total. The molecule has 0 aliphatic carbocycles. The van der Waals surface area contributed by atoms with Gasteiger partial charge in [0.1, 0.15) is 0 Å². The Morgan fingerprint density at radius 2 is 0.886 bits per heavy atom. The van der Waals surface area contributed by atoms with Crippen LogP contribution in [-0.2, 0) is 43.1 Å². The average molecular weight is 536 g/mol. The Bertz CT molecular complexity index is 838. The number of nitrogens with zero attached hydrogens (tertiary/aromatic N) is 2. The van der Waals surface area contributed by atoms with Crippen LogP contribution in [0.4, 0.5) is 39.5 Å². The summed E-state index contributed by atoms with van der Waals surface area (Å²) in [5, 5.41) is 8.41. The SMILES string of the molecule is O=C(OC(=O)C(F)(F)F)C(F)(F)F.O=C1CCC(=O)N1O.O=C1CCC(=O)N1OC(=O)C(F)(F)F. The van der Waals surface area contributed by atoms with Gasteiger partial charge in [-0.05, 0) is 0 Å². The number of rotatable bonds is 1. The zero-order valence-electron chi connectivity index (χ0n) is 16.2. The van der Waals surface area contributed by atoms with Gasteiger partial charge in [0.15, 0.2) is 0 Å².